The molecular formula is C25H20NO3P. The second-order valence-corrected chi connectivity index (χ2v) is 9.12. The predicted molar refractivity (Wildman–Crippen MR) is 123 cm³/mol. The van der Waals surface area contributed by atoms with E-state index >= 15 is 0 Å². The molecule has 0 radical (unpaired) electrons. The zero-order valence-corrected chi connectivity index (χ0v) is 17.3. The maximum absolute atomic E-state index is 11.4. The number of hydrogen-bond acceptors (Lipinski definition) is 1. The molecule has 0 fully saturated rings. The molecule has 0 saturated carbocycles. The molecule has 148 valence electrons. The lowest BCUT2D eigenvalue weighted by Gasteiger charge is -2.10. The van der Waals surface area contributed by atoms with Gasteiger partial charge in [0.2, 0.25) is 0 Å². The van der Waals surface area contributed by atoms with E-state index in [2.05, 4.69) is 66.1 Å². The summed E-state index contributed by atoms with van der Waals surface area (Å²) in [5.74, 6) is 0. The summed E-state index contributed by atoms with van der Waals surface area (Å²) < 4.78 is 13.7. The minimum Gasteiger partial charge on any atom is -0.321 e. The number of fused-ring (bicyclic) bond motifs is 3. The molecule has 1 heterocycles. The van der Waals surface area contributed by atoms with Crippen molar-refractivity contribution in [2.45, 2.75) is 6.92 Å². The molecule has 0 aliphatic rings. The van der Waals surface area contributed by atoms with E-state index in [1.807, 2.05) is 12.1 Å². The molecule has 0 unspecified atom stereocenters. The number of para-hydroxylation sites is 1. The molecule has 30 heavy (non-hydrogen) atoms. The largest absolute Gasteiger partial charge is 0.356 e. The van der Waals surface area contributed by atoms with Crippen LogP contribution in [0.15, 0.2) is 91.0 Å². The quantitative estimate of drug-likeness (QED) is 0.381. The van der Waals surface area contributed by atoms with Crippen LogP contribution in [0.3, 0.4) is 0 Å². The van der Waals surface area contributed by atoms with Crippen molar-refractivity contribution in [1.82, 2.24) is 4.57 Å². The summed E-state index contributed by atoms with van der Waals surface area (Å²) in [6, 6.07) is 29.6. The second kappa shape index (κ2) is 6.96. The van der Waals surface area contributed by atoms with Crippen LogP contribution in [-0.4, -0.2) is 14.4 Å². The minimum absolute atomic E-state index is 0.0310. The van der Waals surface area contributed by atoms with Crippen molar-refractivity contribution < 1.29 is 14.4 Å². The Morgan fingerprint density at radius 1 is 0.700 bits per heavy atom. The van der Waals surface area contributed by atoms with Crippen LogP contribution >= 0.6 is 7.60 Å². The molecule has 5 heteroatoms. The Kier molecular flexibility index (Phi) is 4.37. The first-order valence-electron chi connectivity index (χ1n) is 9.69. The molecule has 5 rings (SSSR count). The number of benzene rings is 4. The lowest BCUT2D eigenvalue weighted by molar-refractivity contribution is 0.387. The minimum atomic E-state index is -4.22. The van der Waals surface area contributed by atoms with E-state index in [0.717, 1.165) is 22.3 Å². The molecule has 0 aliphatic heterocycles. The van der Waals surface area contributed by atoms with Crippen molar-refractivity contribution in [3.8, 4) is 16.8 Å². The Morgan fingerprint density at radius 2 is 1.30 bits per heavy atom. The zero-order valence-electron chi connectivity index (χ0n) is 16.4. The Hall–Kier alpha value is -3.17. The normalized spacial score (nSPS) is 12.0. The third kappa shape index (κ3) is 3.16. The van der Waals surface area contributed by atoms with E-state index in [-0.39, 0.29) is 5.30 Å². The fourth-order valence-electron chi connectivity index (χ4n) is 4.02. The molecule has 1 aromatic heterocycles. The Bertz CT molecular complexity index is 1430. The molecule has 4 nitrogen and oxygen atoms in total. The molecule has 0 bridgehead atoms. The summed E-state index contributed by atoms with van der Waals surface area (Å²) in [5.41, 5.74) is 6.54. The fourth-order valence-corrected chi connectivity index (χ4v) is 4.55. The van der Waals surface area contributed by atoms with Crippen molar-refractivity contribution in [2.24, 2.45) is 0 Å². The van der Waals surface area contributed by atoms with Gasteiger partial charge in [0.15, 0.2) is 0 Å². The van der Waals surface area contributed by atoms with Gasteiger partial charge < -0.3 is 14.4 Å². The second-order valence-electron chi connectivity index (χ2n) is 7.51. The molecule has 2 N–H and O–H groups in total. The Labute approximate surface area is 174 Å². The SMILES string of the molecule is Cc1ccc2c(c1)c1ccccc1n2-c1ccc(-c2ccc(P(=O)(O)O)cc2)cc1. The highest BCUT2D eigenvalue weighted by atomic mass is 31.2. The first-order chi connectivity index (χ1) is 14.4. The molecular weight excluding hydrogens is 393 g/mol. The summed E-state index contributed by atoms with van der Waals surface area (Å²) >= 11 is 0. The monoisotopic (exact) mass is 413 g/mol. The molecule has 0 aliphatic carbocycles. The number of aryl methyl sites for hydroxylation is 1. The number of nitrogens with zero attached hydrogens (tertiary/aromatic N) is 1. The van der Waals surface area contributed by atoms with Crippen LogP contribution in [0.25, 0.3) is 38.6 Å². The third-order valence-electron chi connectivity index (χ3n) is 5.49. The van der Waals surface area contributed by atoms with Gasteiger partial charge in [-0.05, 0) is 60.5 Å². The van der Waals surface area contributed by atoms with Gasteiger partial charge in [-0.3, -0.25) is 4.57 Å². The zero-order chi connectivity index (χ0) is 20.9. The van der Waals surface area contributed by atoms with Crippen molar-refractivity contribution in [3.63, 3.8) is 0 Å². The molecule has 0 saturated heterocycles. The number of aromatic nitrogens is 1. The Balaban J connectivity index is 1.61. The van der Waals surface area contributed by atoms with E-state index in [1.54, 1.807) is 12.1 Å². The average molecular weight is 413 g/mol. The molecule has 0 amide bonds. The summed E-state index contributed by atoms with van der Waals surface area (Å²) in [6.45, 7) is 2.11. The van der Waals surface area contributed by atoms with Crippen LogP contribution in [0.4, 0.5) is 0 Å². The van der Waals surface area contributed by atoms with Gasteiger partial charge in [0.25, 0.3) is 0 Å². The number of hydrogen-bond donors (Lipinski definition) is 2. The number of rotatable bonds is 3. The van der Waals surface area contributed by atoms with E-state index < -0.39 is 7.60 Å². The molecule has 5 aromatic rings. The fraction of sp³-hybridized carbons (Fsp3) is 0.0400. The smallest absolute Gasteiger partial charge is 0.321 e. The molecule has 0 atom stereocenters. The van der Waals surface area contributed by atoms with Gasteiger partial charge in [0.1, 0.15) is 0 Å². The van der Waals surface area contributed by atoms with Crippen molar-refractivity contribution in [1.29, 1.82) is 0 Å². The topological polar surface area (TPSA) is 62.5 Å². The van der Waals surface area contributed by atoms with Crippen LogP contribution in [0, 0.1) is 6.92 Å². The van der Waals surface area contributed by atoms with Crippen LogP contribution in [0.1, 0.15) is 5.56 Å². The highest BCUT2D eigenvalue weighted by molar-refractivity contribution is 7.60. The van der Waals surface area contributed by atoms with Gasteiger partial charge in [-0.15, -0.1) is 0 Å². The lowest BCUT2D eigenvalue weighted by Crippen LogP contribution is -2.02. The van der Waals surface area contributed by atoms with Crippen molar-refractivity contribution in [3.05, 3.63) is 96.6 Å². The van der Waals surface area contributed by atoms with Crippen molar-refractivity contribution in [2.75, 3.05) is 0 Å². The summed E-state index contributed by atoms with van der Waals surface area (Å²) in [5, 5.41) is 2.50. The van der Waals surface area contributed by atoms with Gasteiger partial charge >= 0.3 is 7.60 Å². The van der Waals surface area contributed by atoms with Crippen LogP contribution < -0.4 is 5.30 Å². The first kappa shape index (κ1) is 18.8. The summed E-state index contributed by atoms with van der Waals surface area (Å²) in [7, 11) is -4.22. The van der Waals surface area contributed by atoms with Crippen molar-refractivity contribution >= 4 is 34.7 Å². The first-order valence-corrected chi connectivity index (χ1v) is 11.3. The Morgan fingerprint density at radius 3 is 1.97 bits per heavy atom. The highest BCUT2D eigenvalue weighted by Gasteiger charge is 2.16. The van der Waals surface area contributed by atoms with E-state index in [1.165, 1.54) is 34.0 Å². The van der Waals surface area contributed by atoms with Gasteiger partial charge in [0, 0.05) is 16.5 Å². The van der Waals surface area contributed by atoms with Gasteiger partial charge in [-0.2, -0.15) is 0 Å². The lowest BCUT2D eigenvalue weighted by atomic mass is 10.1. The van der Waals surface area contributed by atoms with Gasteiger partial charge in [-0.25, -0.2) is 0 Å². The highest BCUT2D eigenvalue weighted by Crippen LogP contribution is 2.35. The standard InChI is InChI=1S/C25H20NO3P/c1-17-6-15-25-23(16-17)22-4-2-3-5-24(22)26(25)20-11-7-18(8-12-20)19-9-13-21(14-10-19)30(27,28)29/h2-16H,1H3,(H2,27,28,29). The maximum Gasteiger partial charge on any atom is 0.356 e. The third-order valence-corrected chi connectivity index (χ3v) is 6.46. The van der Waals surface area contributed by atoms with E-state index in [0.29, 0.717) is 0 Å². The van der Waals surface area contributed by atoms with Gasteiger partial charge in [-0.1, -0.05) is 54.1 Å². The maximum atomic E-state index is 11.4. The van der Waals surface area contributed by atoms with Gasteiger partial charge in [0.05, 0.1) is 16.3 Å². The molecule has 4 aromatic carbocycles. The van der Waals surface area contributed by atoms with Crippen LogP contribution in [0.5, 0.6) is 0 Å². The van der Waals surface area contributed by atoms with E-state index in [4.69, 9.17) is 0 Å². The van der Waals surface area contributed by atoms with Crippen LogP contribution in [0.2, 0.25) is 0 Å². The van der Waals surface area contributed by atoms with E-state index in [9.17, 15) is 14.4 Å². The summed E-state index contributed by atoms with van der Waals surface area (Å²) in [6.07, 6.45) is 0. The predicted octanol–water partition coefficient (Wildman–Crippen LogP) is 5.56. The summed E-state index contributed by atoms with van der Waals surface area (Å²) in [4.78, 5) is 18.6. The average Bonchev–Trinajstić information content (AvgIpc) is 3.07. The van der Waals surface area contributed by atoms with Crippen LogP contribution in [-0.2, 0) is 4.57 Å². The molecule has 0 spiro atoms.